The number of rotatable bonds is 3. The lowest BCUT2D eigenvalue weighted by Crippen LogP contribution is -2.37. The average Bonchev–Trinajstić information content (AvgIpc) is 2.89. The summed E-state index contributed by atoms with van der Waals surface area (Å²) in [6, 6.07) is 3.24. The van der Waals surface area contributed by atoms with E-state index in [9.17, 15) is 0 Å². The summed E-state index contributed by atoms with van der Waals surface area (Å²) in [7, 11) is 0. The Morgan fingerprint density at radius 1 is 1.22 bits per heavy atom. The molecule has 1 fully saturated rings. The summed E-state index contributed by atoms with van der Waals surface area (Å²) >= 11 is 0. The summed E-state index contributed by atoms with van der Waals surface area (Å²) in [6.07, 6.45) is 10.1. The molecule has 1 unspecified atom stereocenters. The normalized spacial score (nSPS) is 32.2. The fourth-order valence-electron chi connectivity index (χ4n) is 3.46. The molecule has 0 aromatic carbocycles. The lowest BCUT2D eigenvalue weighted by atomic mass is 9.85. The number of aliphatic hydroxyl groups is 1. The van der Waals surface area contributed by atoms with Crippen molar-refractivity contribution in [3.05, 3.63) is 23.7 Å². The molecule has 0 aliphatic heterocycles. The van der Waals surface area contributed by atoms with Gasteiger partial charge in [-0.05, 0) is 50.5 Å². The van der Waals surface area contributed by atoms with Crippen molar-refractivity contribution in [2.24, 2.45) is 5.92 Å². The summed E-state index contributed by atoms with van der Waals surface area (Å²) in [5, 5.41) is 13.0. The van der Waals surface area contributed by atoms with Crippen LogP contribution in [-0.2, 0) is 6.42 Å². The minimum Gasteiger partial charge on any atom is -0.469 e. The predicted octanol–water partition coefficient (Wildman–Crippen LogP) is 2.80. The Bertz CT molecular complexity index is 380. The van der Waals surface area contributed by atoms with Gasteiger partial charge in [0.2, 0.25) is 0 Å². The molecule has 3 nitrogen and oxygen atoms in total. The Kier molecular flexibility index (Phi) is 3.71. The summed E-state index contributed by atoms with van der Waals surface area (Å²) < 4.78 is 5.54. The van der Waals surface area contributed by atoms with Crippen LogP contribution in [0, 0.1) is 5.92 Å². The van der Waals surface area contributed by atoms with E-state index < -0.39 is 0 Å². The number of furan rings is 1. The van der Waals surface area contributed by atoms with Gasteiger partial charge in [0.05, 0.1) is 6.26 Å². The Morgan fingerprint density at radius 2 is 2.06 bits per heavy atom. The Morgan fingerprint density at radius 3 is 2.83 bits per heavy atom. The highest BCUT2D eigenvalue weighted by Gasteiger charge is 2.27. The minimum absolute atomic E-state index is 0.363. The van der Waals surface area contributed by atoms with E-state index in [2.05, 4.69) is 11.4 Å². The zero-order valence-electron chi connectivity index (χ0n) is 10.9. The maximum atomic E-state index is 9.17. The lowest BCUT2D eigenvalue weighted by molar-refractivity contribution is 0.170. The maximum absolute atomic E-state index is 9.17. The Labute approximate surface area is 109 Å². The van der Waals surface area contributed by atoms with Crippen LogP contribution in [0.1, 0.15) is 55.9 Å². The van der Waals surface area contributed by atoms with E-state index in [1.165, 1.54) is 49.8 Å². The van der Waals surface area contributed by atoms with Crippen molar-refractivity contribution >= 4 is 0 Å². The third kappa shape index (κ3) is 2.47. The Hall–Kier alpha value is -0.800. The van der Waals surface area contributed by atoms with Crippen molar-refractivity contribution in [1.82, 2.24) is 5.32 Å². The average molecular weight is 249 g/mol. The van der Waals surface area contributed by atoms with Crippen LogP contribution in [0.3, 0.4) is 0 Å². The van der Waals surface area contributed by atoms with Crippen molar-refractivity contribution < 1.29 is 9.52 Å². The molecule has 2 aliphatic carbocycles. The number of aryl methyl sites for hydroxylation is 1. The largest absolute Gasteiger partial charge is 0.469 e. The van der Waals surface area contributed by atoms with Crippen molar-refractivity contribution in [3.63, 3.8) is 0 Å². The molecule has 1 aromatic heterocycles. The number of hydrogen-bond acceptors (Lipinski definition) is 3. The van der Waals surface area contributed by atoms with Crippen LogP contribution < -0.4 is 5.32 Å². The van der Waals surface area contributed by atoms with Crippen LogP contribution in [0.4, 0.5) is 0 Å². The van der Waals surface area contributed by atoms with E-state index in [-0.39, 0.29) is 0 Å². The van der Waals surface area contributed by atoms with Crippen LogP contribution in [0.2, 0.25) is 0 Å². The van der Waals surface area contributed by atoms with Gasteiger partial charge < -0.3 is 14.8 Å². The molecule has 1 atom stereocenters. The third-order valence-electron chi connectivity index (χ3n) is 4.59. The minimum atomic E-state index is 0.363. The first-order valence-electron chi connectivity index (χ1n) is 7.30. The van der Waals surface area contributed by atoms with Crippen molar-refractivity contribution in [1.29, 1.82) is 0 Å². The molecule has 3 heteroatoms. The first kappa shape index (κ1) is 12.2. The van der Waals surface area contributed by atoms with E-state index in [4.69, 9.17) is 9.52 Å². The summed E-state index contributed by atoms with van der Waals surface area (Å²) in [5.41, 5.74) is 1.38. The standard InChI is InChI=1S/C15H23NO2/c17-10-11-4-6-12(7-5-11)16-14-2-1-3-15-13(14)8-9-18-15/h8-9,11-12,14,16-17H,1-7,10H2. The fraction of sp³-hybridized carbons (Fsp3) is 0.733. The molecule has 0 spiro atoms. The molecule has 0 saturated heterocycles. The van der Waals surface area contributed by atoms with Gasteiger partial charge in [0, 0.05) is 30.7 Å². The molecule has 100 valence electrons. The molecule has 2 aliphatic rings. The predicted molar refractivity (Wildman–Crippen MR) is 70.4 cm³/mol. The number of fused-ring (bicyclic) bond motifs is 1. The number of nitrogens with one attached hydrogen (secondary N) is 1. The zero-order valence-corrected chi connectivity index (χ0v) is 10.9. The highest BCUT2D eigenvalue weighted by Crippen LogP contribution is 2.33. The van der Waals surface area contributed by atoms with Gasteiger partial charge >= 0.3 is 0 Å². The second-order valence-corrected chi connectivity index (χ2v) is 5.81. The number of hydrogen-bond donors (Lipinski definition) is 2. The van der Waals surface area contributed by atoms with E-state index >= 15 is 0 Å². The van der Waals surface area contributed by atoms with Gasteiger partial charge in [-0.2, -0.15) is 0 Å². The highest BCUT2D eigenvalue weighted by molar-refractivity contribution is 5.24. The maximum Gasteiger partial charge on any atom is 0.108 e. The second kappa shape index (κ2) is 5.45. The first-order chi connectivity index (χ1) is 8.86. The van der Waals surface area contributed by atoms with Crippen LogP contribution in [0.15, 0.2) is 16.7 Å². The summed E-state index contributed by atoms with van der Waals surface area (Å²) in [6.45, 7) is 0.363. The first-order valence-corrected chi connectivity index (χ1v) is 7.30. The van der Waals surface area contributed by atoms with E-state index in [0.717, 1.165) is 6.42 Å². The van der Waals surface area contributed by atoms with Crippen LogP contribution >= 0.6 is 0 Å². The molecule has 0 bridgehead atoms. The van der Waals surface area contributed by atoms with Gasteiger partial charge in [-0.1, -0.05) is 0 Å². The highest BCUT2D eigenvalue weighted by atomic mass is 16.3. The smallest absolute Gasteiger partial charge is 0.108 e. The van der Waals surface area contributed by atoms with Crippen LogP contribution in [-0.4, -0.2) is 17.8 Å². The molecule has 1 saturated carbocycles. The van der Waals surface area contributed by atoms with Gasteiger partial charge in [0.1, 0.15) is 5.76 Å². The lowest BCUT2D eigenvalue weighted by Gasteiger charge is -2.33. The van der Waals surface area contributed by atoms with E-state index in [1.807, 2.05) is 6.26 Å². The van der Waals surface area contributed by atoms with Crippen LogP contribution in [0.5, 0.6) is 0 Å². The van der Waals surface area contributed by atoms with Gasteiger partial charge in [-0.15, -0.1) is 0 Å². The molecule has 2 N–H and O–H groups in total. The fourth-order valence-corrected chi connectivity index (χ4v) is 3.46. The van der Waals surface area contributed by atoms with Crippen molar-refractivity contribution in [2.75, 3.05) is 6.61 Å². The third-order valence-corrected chi connectivity index (χ3v) is 4.59. The van der Waals surface area contributed by atoms with Crippen molar-refractivity contribution in [3.8, 4) is 0 Å². The monoisotopic (exact) mass is 249 g/mol. The molecule has 1 aromatic rings. The summed E-state index contributed by atoms with van der Waals surface area (Å²) in [4.78, 5) is 0. The quantitative estimate of drug-likeness (QED) is 0.866. The molecular weight excluding hydrogens is 226 g/mol. The molecule has 0 radical (unpaired) electrons. The SMILES string of the molecule is OCC1CCC(NC2CCCc3occc32)CC1. The van der Waals surface area contributed by atoms with Crippen molar-refractivity contribution in [2.45, 2.75) is 57.0 Å². The van der Waals surface area contributed by atoms with Gasteiger partial charge in [0.15, 0.2) is 0 Å². The van der Waals surface area contributed by atoms with Gasteiger partial charge in [-0.3, -0.25) is 0 Å². The van der Waals surface area contributed by atoms with Gasteiger partial charge in [-0.25, -0.2) is 0 Å². The summed E-state index contributed by atoms with van der Waals surface area (Å²) in [5.74, 6) is 1.72. The topological polar surface area (TPSA) is 45.4 Å². The van der Waals surface area contributed by atoms with Crippen LogP contribution in [0.25, 0.3) is 0 Å². The second-order valence-electron chi connectivity index (χ2n) is 5.81. The van der Waals surface area contributed by atoms with Gasteiger partial charge in [0.25, 0.3) is 0 Å². The molecule has 1 heterocycles. The van der Waals surface area contributed by atoms with E-state index in [1.54, 1.807) is 0 Å². The molecule has 0 amide bonds. The molecule has 18 heavy (non-hydrogen) atoms. The number of aliphatic hydroxyl groups excluding tert-OH is 1. The molecule has 3 rings (SSSR count). The van der Waals surface area contributed by atoms with E-state index in [0.29, 0.717) is 24.6 Å². The molecular formula is C15H23NO2. The Balaban J connectivity index is 1.58. The zero-order chi connectivity index (χ0) is 12.4.